The molecule has 1 aliphatic heterocycles. The van der Waals surface area contributed by atoms with Crippen molar-refractivity contribution >= 4 is 45.4 Å². The maximum atomic E-state index is 13.7. The Morgan fingerprint density at radius 1 is 1.03 bits per heavy atom. The van der Waals surface area contributed by atoms with Crippen molar-refractivity contribution in [1.82, 2.24) is 8.96 Å². The molecular formula is C28H30BN3O6S. The summed E-state index contributed by atoms with van der Waals surface area (Å²) in [6, 6.07) is 17.6. The average Bonchev–Trinajstić information content (AvgIpc) is 3.37. The van der Waals surface area contributed by atoms with Gasteiger partial charge >= 0.3 is 13.2 Å². The van der Waals surface area contributed by atoms with Gasteiger partial charge in [0.15, 0.2) is 5.65 Å². The van der Waals surface area contributed by atoms with Gasteiger partial charge < -0.3 is 14.0 Å². The van der Waals surface area contributed by atoms with E-state index in [-0.39, 0.29) is 17.1 Å². The number of pyridine rings is 1. The summed E-state index contributed by atoms with van der Waals surface area (Å²) in [6.45, 7) is 9.67. The third-order valence-corrected chi connectivity index (χ3v) is 8.85. The van der Waals surface area contributed by atoms with E-state index in [1.165, 1.54) is 12.4 Å². The van der Waals surface area contributed by atoms with Crippen molar-refractivity contribution in [2.75, 3.05) is 5.32 Å². The van der Waals surface area contributed by atoms with Crippen molar-refractivity contribution in [2.45, 2.75) is 57.3 Å². The first-order valence-corrected chi connectivity index (χ1v) is 14.0. The first-order valence-electron chi connectivity index (χ1n) is 12.5. The Morgan fingerprint density at radius 3 is 2.31 bits per heavy atom. The van der Waals surface area contributed by atoms with Crippen molar-refractivity contribution in [2.24, 2.45) is 0 Å². The number of carbonyl (C=O) groups excluding carboxylic acids is 1. The van der Waals surface area contributed by atoms with Gasteiger partial charge in [0.1, 0.15) is 6.61 Å². The van der Waals surface area contributed by atoms with Gasteiger partial charge in [0.25, 0.3) is 10.0 Å². The second-order valence-corrected chi connectivity index (χ2v) is 12.4. The van der Waals surface area contributed by atoms with Gasteiger partial charge in [-0.05, 0) is 58.4 Å². The second kappa shape index (κ2) is 9.82. The van der Waals surface area contributed by atoms with Crippen molar-refractivity contribution in [1.29, 1.82) is 0 Å². The van der Waals surface area contributed by atoms with E-state index in [4.69, 9.17) is 14.0 Å². The number of benzene rings is 2. The van der Waals surface area contributed by atoms with Crippen molar-refractivity contribution < 1.29 is 27.3 Å². The molecule has 0 aliphatic carbocycles. The summed E-state index contributed by atoms with van der Waals surface area (Å²) < 4.78 is 46.3. The number of hydrogen-bond donors (Lipinski definition) is 1. The van der Waals surface area contributed by atoms with Gasteiger partial charge in [-0.1, -0.05) is 48.0 Å². The number of nitrogens with zero attached hydrogens (tertiary/aromatic N) is 2. The predicted molar refractivity (Wildman–Crippen MR) is 149 cm³/mol. The molecule has 1 N–H and O–H groups in total. The molecule has 11 heteroatoms. The van der Waals surface area contributed by atoms with Crippen LogP contribution in [0.4, 0.5) is 10.5 Å². The summed E-state index contributed by atoms with van der Waals surface area (Å²) in [5, 5.41) is 3.14. The number of aromatic nitrogens is 2. The molecule has 2 aromatic heterocycles. The van der Waals surface area contributed by atoms with E-state index in [0.717, 1.165) is 15.1 Å². The summed E-state index contributed by atoms with van der Waals surface area (Å²) in [4.78, 5) is 17.1. The van der Waals surface area contributed by atoms with Crippen LogP contribution in [0.25, 0.3) is 11.0 Å². The van der Waals surface area contributed by atoms with Gasteiger partial charge in [-0.3, -0.25) is 5.32 Å². The summed E-state index contributed by atoms with van der Waals surface area (Å²) in [7, 11) is -4.85. The van der Waals surface area contributed by atoms with Crippen LogP contribution in [0.1, 0.15) is 38.8 Å². The first kappa shape index (κ1) is 26.9. The highest BCUT2D eigenvalue weighted by Crippen LogP contribution is 2.37. The number of aryl methyl sites for hydroxylation is 1. The SMILES string of the molecule is Cc1ccc(S(=O)(=O)n2cc(B3OC(C)(C)C(C)(C)O3)c3cc(NC(=O)OCc4ccccc4)cnc32)cc1. The zero-order valence-corrected chi connectivity index (χ0v) is 23.3. The lowest BCUT2D eigenvalue weighted by atomic mass is 9.79. The molecule has 39 heavy (non-hydrogen) atoms. The van der Waals surface area contributed by atoms with Crippen LogP contribution in [0, 0.1) is 6.92 Å². The molecule has 0 spiro atoms. The quantitative estimate of drug-likeness (QED) is 0.351. The molecule has 3 heterocycles. The molecule has 5 rings (SSSR count). The van der Waals surface area contributed by atoms with Crippen LogP contribution in [0.2, 0.25) is 0 Å². The summed E-state index contributed by atoms with van der Waals surface area (Å²) in [5.74, 6) is 0. The fourth-order valence-electron chi connectivity index (χ4n) is 4.21. The van der Waals surface area contributed by atoms with Gasteiger partial charge in [0, 0.05) is 17.0 Å². The summed E-state index contributed by atoms with van der Waals surface area (Å²) >= 11 is 0. The minimum absolute atomic E-state index is 0.104. The third-order valence-electron chi connectivity index (χ3n) is 7.19. The van der Waals surface area contributed by atoms with E-state index in [9.17, 15) is 13.2 Å². The fraction of sp³-hybridized carbons (Fsp3) is 0.286. The van der Waals surface area contributed by atoms with Crippen molar-refractivity contribution in [3.63, 3.8) is 0 Å². The van der Waals surface area contributed by atoms with Crippen LogP contribution < -0.4 is 10.8 Å². The predicted octanol–water partition coefficient (Wildman–Crippen LogP) is 4.63. The van der Waals surface area contributed by atoms with Crippen LogP contribution in [0.15, 0.2) is 78.0 Å². The monoisotopic (exact) mass is 547 g/mol. The Balaban J connectivity index is 1.53. The molecule has 9 nitrogen and oxygen atoms in total. The zero-order valence-electron chi connectivity index (χ0n) is 22.5. The molecule has 1 aliphatic rings. The number of nitrogens with one attached hydrogen (secondary N) is 1. The Morgan fingerprint density at radius 2 is 1.67 bits per heavy atom. The van der Waals surface area contributed by atoms with E-state index in [1.54, 1.807) is 30.3 Å². The topological polar surface area (TPSA) is 109 Å². The molecule has 1 amide bonds. The number of carbonyl (C=O) groups is 1. The minimum atomic E-state index is -3.99. The van der Waals surface area contributed by atoms with Gasteiger partial charge in [-0.15, -0.1) is 0 Å². The number of fused-ring (bicyclic) bond motifs is 1. The van der Waals surface area contributed by atoms with E-state index >= 15 is 0 Å². The Labute approximate surface area is 228 Å². The highest BCUT2D eigenvalue weighted by Gasteiger charge is 2.52. The molecule has 0 radical (unpaired) electrons. The second-order valence-electron chi connectivity index (χ2n) is 10.6. The molecule has 4 aromatic rings. The van der Waals surface area contributed by atoms with Crippen LogP contribution in [-0.2, 0) is 30.7 Å². The molecule has 1 fully saturated rings. The molecule has 0 bridgehead atoms. The molecule has 1 saturated heterocycles. The van der Waals surface area contributed by atoms with E-state index in [2.05, 4.69) is 10.3 Å². The Bertz CT molecular complexity index is 1620. The normalized spacial score (nSPS) is 16.4. The molecule has 0 unspecified atom stereocenters. The lowest BCUT2D eigenvalue weighted by molar-refractivity contribution is 0.00578. The number of anilines is 1. The molecule has 0 saturated carbocycles. The van der Waals surface area contributed by atoms with E-state index < -0.39 is 34.4 Å². The van der Waals surface area contributed by atoms with E-state index in [1.807, 2.05) is 65.0 Å². The van der Waals surface area contributed by atoms with Gasteiger partial charge in [0.2, 0.25) is 0 Å². The minimum Gasteiger partial charge on any atom is -0.444 e. The van der Waals surface area contributed by atoms with Crippen LogP contribution in [0.5, 0.6) is 0 Å². The van der Waals surface area contributed by atoms with Crippen molar-refractivity contribution in [3.8, 4) is 0 Å². The van der Waals surface area contributed by atoms with Gasteiger partial charge in [-0.25, -0.2) is 22.2 Å². The van der Waals surface area contributed by atoms with Crippen LogP contribution in [-0.4, -0.2) is 41.8 Å². The Kier molecular flexibility index (Phi) is 6.78. The maximum absolute atomic E-state index is 13.7. The number of rotatable bonds is 6. The molecule has 0 atom stereocenters. The maximum Gasteiger partial charge on any atom is 0.497 e. The number of ether oxygens (including phenoxy) is 1. The highest BCUT2D eigenvalue weighted by atomic mass is 32.2. The zero-order chi connectivity index (χ0) is 28.0. The fourth-order valence-corrected chi connectivity index (χ4v) is 5.55. The average molecular weight is 547 g/mol. The smallest absolute Gasteiger partial charge is 0.444 e. The Hall–Kier alpha value is -3.67. The van der Waals surface area contributed by atoms with Crippen molar-refractivity contribution in [3.05, 3.63) is 84.2 Å². The number of hydrogen-bond acceptors (Lipinski definition) is 7. The lowest BCUT2D eigenvalue weighted by Crippen LogP contribution is -2.41. The van der Waals surface area contributed by atoms with Crippen LogP contribution >= 0.6 is 0 Å². The summed E-state index contributed by atoms with van der Waals surface area (Å²) in [6.07, 6.45) is 2.21. The van der Waals surface area contributed by atoms with Gasteiger partial charge in [-0.2, -0.15) is 0 Å². The van der Waals surface area contributed by atoms with Gasteiger partial charge in [0.05, 0.1) is 28.0 Å². The standard InChI is InChI=1S/C28H30BN3O6S/c1-19-11-13-22(14-12-19)39(34,35)32-17-24(29-37-27(2,3)28(4,5)38-29)23-15-21(16-30-25(23)32)31-26(33)36-18-20-9-7-6-8-10-20/h6-17H,18H2,1-5H3,(H,31,33). The van der Waals surface area contributed by atoms with Crippen LogP contribution in [0.3, 0.4) is 0 Å². The third kappa shape index (κ3) is 5.17. The molecule has 2 aromatic carbocycles. The largest absolute Gasteiger partial charge is 0.497 e. The lowest BCUT2D eigenvalue weighted by Gasteiger charge is -2.32. The molecular weight excluding hydrogens is 517 g/mol. The number of amides is 1. The van der Waals surface area contributed by atoms with E-state index in [0.29, 0.717) is 16.5 Å². The summed E-state index contributed by atoms with van der Waals surface area (Å²) in [5.41, 5.74) is 1.50. The first-order chi connectivity index (χ1) is 18.4. The highest BCUT2D eigenvalue weighted by molar-refractivity contribution is 7.90. The molecule has 202 valence electrons.